The van der Waals surface area contributed by atoms with E-state index in [-0.39, 0.29) is 16.7 Å². The number of nitrogens with zero attached hydrogens (tertiary/aromatic N) is 1. The van der Waals surface area contributed by atoms with E-state index in [1.165, 1.54) is 18.2 Å². The molecule has 0 unspecified atom stereocenters. The largest absolute Gasteiger partial charge is 0.456 e. The van der Waals surface area contributed by atoms with Crippen molar-refractivity contribution >= 4 is 21.9 Å². The van der Waals surface area contributed by atoms with E-state index >= 15 is 0 Å². The molecule has 0 bridgehead atoms. The first-order chi connectivity index (χ1) is 16.5. The molecule has 0 saturated carbocycles. The summed E-state index contributed by atoms with van der Waals surface area (Å²) in [5, 5.41) is 2.01. The molecule has 3 aromatic carbocycles. The summed E-state index contributed by atoms with van der Waals surface area (Å²) >= 11 is 0. The van der Waals surface area contributed by atoms with E-state index in [1.54, 1.807) is 12.1 Å². The molecule has 0 atom stereocenters. The molecule has 142 valence electrons. The standard InChI is InChI=1S/C27H24NO/c1-17-9-7-10-18(2)26(17)21-12-8-14-28(4)27(21)22-16-25-23(15-19(22)3)20-11-5-6-13-24(20)29-25/h5-16H,1-4H3/q+1/i1D3,2D3. The molecule has 0 aliphatic rings. The fraction of sp³-hybridized carbons (Fsp3) is 0.148. The van der Waals surface area contributed by atoms with Crippen LogP contribution in [-0.4, -0.2) is 0 Å². The number of hydrogen-bond acceptors (Lipinski definition) is 1. The quantitative estimate of drug-likeness (QED) is 0.311. The summed E-state index contributed by atoms with van der Waals surface area (Å²) < 4.78 is 56.8. The second kappa shape index (κ2) is 6.59. The third kappa shape index (κ3) is 2.75. The van der Waals surface area contributed by atoms with Gasteiger partial charge in [0.25, 0.3) is 0 Å². The fourth-order valence-corrected chi connectivity index (χ4v) is 4.13. The number of rotatable bonds is 2. The Hall–Kier alpha value is -3.39. The van der Waals surface area contributed by atoms with Crippen LogP contribution in [0.15, 0.2) is 77.3 Å². The molecule has 0 aliphatic heterocycles. The predicted octanol–water partition coefficient (Wildman–Crippen LogP) is 6.67. The number of para-hydroxylation sites is 1. The van der Waals surface area contributed by atoms with Crippen LogP contribution in [0.3, 0.4) is 0 Å². The van der Waals surface area contributed by atoms with Gasteiger partial charge < -0.3 is 4.42 Å². The van der Waals surface area contributed by atoms with E-state index < -0.39 is 13.7 Å². The summed E-state index contributed by atoms with van der Waals surface area (Å²) in [6, 6.07) is 19.9. The lowest BCUT2D eigenvalue weighted by Crippen LogP contribution is -2.31. The van der Waals surface area contributed by atoms with E-state index in [0.717, 1.165) is 33.2 Å². The number of aromatic nitrogens is 1. The number of furan rings is 1. The van der Waals surface area contributed by atoms with Crippen molar-refractivity contribution in [2.45, 2.75) is 20.6 Å². The second-order valence-electron chi connectivity index (χ2n) is 7.37. The molecule has 2 aromatic heterocycles. The average Bonchev–Trinajstić information content (AvgIpc) is 3.14. The summed E-state index contributed by atoms with van der Waals surface area (Å²) in [6.45, 7) is -2.98. The third-order valence-electron chi connectivity index (χ3n) is 5.49. The van der Waals surface area contributed by atoms with Gasteiger partial charge in [-0.2, -0.15) is 0 Å². The van der Waals surface area contributed by atoms with Crippen molar-refractivity contribution in [1.29, 1.82) is 0 Å². The Bertz CT molecular complexity index is 1560. The molecular weight excluding hydrogens is 354 g/mol. The number of aryl methyl sites for hydroxylation is 4. The van der Waals surface area contributed by atoms with Crippen LogP contribution in [0.2, 0.25) is 0 Å². The first kappa shape index (κ1) is 12.2. The van der Waals surface area contributed by atoms with Crippen molar-refractivity contribution in [2.24, 2.45) is 7.05 Å². The average molecular weight is 385 g/mol. The van der Waals surface area contributed by atoms with Gasteiger partial charge in [-0.1, -0.05) is 36.4 Å². The number of hydrogen-bond donors (Lipinski definition) is 0. The zero-order chi connectivity index (χ0) is 25.1. The Morgan fingerprint density at radius 1 is 0.759 bits per heavy atom. The second-order valence-corrected chi connectivity index (χ2v) is 7.37. The monoisotopic (exact) mass is 384 g/mol. The van der Waals surface area contributed by atoms with Gasteiger partial charge in [-0.15, -0.1) is 0 Å². The van der Waals surface area contributed by atoms with Crippen molar-refractivity contribution in [3.8, 4) is 22.4 Å². The number of fused-ring (bicyclic) bond motifs is 3. The minimum Gasteiger partial charge on any atom is -0.456 e. The van der Waals surface area contributed by atoms with Crippen LogP contribution in [-0.2, 0) is 7.05 Å². The van der Waals surface area contributed by atoms with Crippen LogP contribution < -0.4 is 4.57 Å². The molecule has 5 rings (SSSR count). The van der Waals surface area contributed by atoms with E-state index in [4.69, 9.17) is 12.6 Å². The van der Waals surface area contributed by atoms with Gasteiger partial charge in [0.15, 0.2) is 6.20 Å². The van der Waals surface area contributed by atoms with Crippen LogP contribution in [0, 0.1) is 20.6 Å². The van der Waals surface area contributed by atoms with Crippen LogP contribution >= 0.6 is 0 Å². The van der Waals surface area contributed by atoms with Crippen molar-refractivity contribution < 1.29 is 17.2 Å². The summed E-state index contributed by atoms with van der Waals surface area (Å²) in [4.78, 5) is 0. The van der Waals surface area contributed by atoms with Gasteiger partial charge in [0, 0.05) is 25.1 Å². The van der Waals surface area contributed by atoms with E-state index in [1.807, 2.05) is 55.1 Å². The van der Waals surface area contributed by atoms with Crippen molar-refractivity contribution in [2.75, 3.05) is 0 Å². The lowest BCUT2D eigenvalue weighted by atomic mass is 9.90. The van der Waals surface area contributed by atoms with Crippen LogP contribution in [0.25, 0.3) is 44.3 Å². The van der Waals surface area contributed by atoms with Crippen LogP contribution in [0.5, 0.6) is 0 Å². The third-order valence-corrected chi connectivity index (χ3v) is 5.49. The van der Waals surface area contributed by atoms with Crippen LogP contribution in [0.4, 0.5) is 0 Å². The highest BCUT2D eigenvalue weighted by Gasteiger charge is 2.22. The Kier molecular flexibility index (Phi) is 2.78. The SMILES string of the molecule is [2H]C([2H])([2H])c1cccc(C([2H])([2H])[2H])c1-c1ccc[n+](C)c1-c1cc2oc3ccccc3c2cc1C. The van der Waals surface area contributed by atoms with Crippen LogP contribution in [0.1, 0.15) is 24.9 Å². The fourth-order valence-electron chi connectivity index (χ4n) is 4.13. The van der Waals surface area contributed by atoms with E-state index in [0.29, 0.717) is 11.1 Å². The molecule has 0 amide bonds. The first-order valence-corrected chi connectivity index (χ1v) is 9.52. The van der Waals surface area contributed by atoms with Gasteiger partial charge in [-0.3, -0.25) is 0 Å². The van der Waals surface area contributed by atoms with Crippen molar-refractivity contribution in [3.05, 3.63) is 89.6 Å². The molecule has 5 aromatic rings. The Balaban J connectivity index is 1.87. The lowest BCUT2D eigenvalue weighted by molar-refractivity contribution is -0.660. The molecule has 2 heterocycles. The topological polar surface area (TPSA) is 17.0 Å². The Morgan fingerprint density at radius 3 is 2.34 bits per heavy atom. The summed E-state index contributed by atoms with van der Waals surface area (Å²) in [5.74, 6) is 0. The molecule has 2 heteroatoms. The maximum Gasteiger partial charge on any atom is 0.220 e. The highest BCUT2D eigenvalue weighted by molar-refractivity contribution is 6.06. The summed E-state index contributed by atoms with van der Waals surface area (Å²) in [6.07, 6.45) is 1.87. The Labute approximate surface area is 179 Å². The first-order valence-electron chi connectivity index (χ1n) is 12.5. The number of benzene rings is 3. The molecule has 0 radical (unpaired) electrons. The minimum atomic E-state index is -2.49. The Morgan fingerprint density at radius 2 is 1.55 bits per heavy atom. The van der Waals surface area contributed by atoms with Gasteiger partial charge in [0.2, 0.25) is 5.69 Å². The molecular formula is C27H24NO+. The summed E-state index contributed by atoms with van der Waals surface area (Å²) in [7, 11) is 1.87. The van der Waals surface area contributed by atoms with E-state index in [2.05, 4.69) is 6.07 Å². The van der Waals surface area contributed by atoms with E-state index in [9.17, 15) is 0 Å². The zero-order valence-electron chi connectivity index (χ0n) is 22.3. The normalized spacial score (nSPS) is 15.4. The van der Waals surface area contributed by atoms with Crippen molar-refractivity contribution in [1.82, 2.24) is 0 Å². The lowest BCUT2D eigenvalue weighted by Gasteiger charge is -2.14. The molecule has 0 N–H and O–H groups in total. The molecule has 0 saturated heterocycles. The zero-order valence-corrected chi connectivity index (χ0v) is 16.3. The van der Waals surface area contributed by atoms with Gasteiger partial charge in [-0.05, 0) is 67.1 Å². The maximum absolute atomic E-state index is 8.13. The molecule has 2 nitrogen and oxygen atoms in total. The highest BCUT2D eigenvalue weighted by Crippen LogP contribution is 2.38. The molecule has 0 spiro atoms. The highest BCUT2D eigenvalue weighted by atomic mass is 16.3. The summed E-state index contributed by atoms with van der Waals surface area (Å²) in [5.41, 5.74) is 4.82. The van der Waals surface area contributed by atoms with Gasteiger partial charge in [0.05, 0.1) is 11.1 Å². The van der Waals surface area contributed by atoms with Crippen molar-refractivity contribution in [3.63, 3.8) is 0 Å². The van der Waals surface area contributed by atoms with Gasteiger partial charge in [-0.25, -0.2) is 4.57 Å². The minimum absolute atomic E-state index is 0.0149. The smallest absolute Gasteiger partial charge is 0.220 e. The predicted molar refractivity (Wildman–Crippen MR) is 120 cm³/mol. The molecule has 0 fully saturated rings. The van der Waals surface area contributed by atoms with Gasteiger partial charge in [0.1, 0.15) is 18.2 Å². The number of pyridine rings is 1. The maximum atomic E-state index is 8.13. The molecule has 29 heavy (non-hydrogen) atoms. The molecule has 0 aliphatic carbocycles. The van der Waals surface area contributed by atoms with Gasteiger partial charge >= 0.3 is 0 Å².